The molecule has 10 heteroatoms. The Morgan fingerprint density at radius 1 is 1.53 bits per heavy atom. The first-order chi connectivity index (χ1) is 8.79. The van der Waals surface area contributed by atoms with Gasteiger partial charge in [0.05, 0.1) is 11.5 Å². The van der Waals surface area contributed by atoms with E-state index in [2.05, 4.69) is 9.46 Å². The number of halogens is 1. The molecule has 0 radical (unpaired) electrons. The molecule has 0 unspecified atom stereocenters. The first-order valence-electron chi connectivity index (χ1n) is 4.95. The van der Waals surface area contributed by atoms with Crippen LogP contribution in [0.5, 0.6) is 5.75 Å². The van der Waals surface area contributed by atoms with Gasteiger partial charge in [-0.3, -0.25) is 10.1 Å². The molecule has 19 heavy (non-hydrogen) atoms. The number of aromatic hydroxyl groups is 1. The number of phenolic OH excluding ortho intramolecular Hbond substituents is 1. The van der Waals surface area contributed by atoms with Crippen molar-refractivity contribution in [1.29, 1.82) is 0 Å². The molecule has 2 N–H and O–H groups in total. The molecular weight excluding hydrogens is 300 g/mol. The predicted octanol–water partition coefficient (Wildman–Crippen LogP) is 0.878. The zero-order valence-corrected chi connectivity index (χ0v) is 11.4. The molecule has 106 valence electrons. The van der Waals surface area contributed by atoms with Crippen LogP contribution in [0, 0.1) is 10.1 Å². The molecule has 0 saturated carbocycles. The van der Waals surface area contributed by atoms with Crippen LogP contribution in [0.25, 0.3) is 0 Å². The molecule has 0 aliphatic carbocycles. The number of ether oxygens (including phenoxy) is 1. The lowest BCUT2D eigenvalue weighted by Crippen LogP contribution is -2.27. The third-order valence-corrected chi connectivity index (χ3v) is 3.80. The van der Waals surface area contributed by atoms with Crippen LogP contribution in [0.2, 0.25) is 5.02 Å². The molecule has 0 saturated heterocycles. The topological polar surface area (TPSA) is 119 Å². The van der Waals surface area contributed by atoms with Gasteiger partial charge in [0.2, 0.25) is 15.8 Å². The third kappa shape index (κ3) is 3.77. The summed E-state index contributed by atoms with van der Waals surface area (Å²) in [4.78, 5) is 9.09. The number of sulfonamides is 1. The number of nitrogens with zero attached hydrogens (tertiary/aromatic N) is 1. The third-order valence-electron chi connectivity index (χ3n) is 2.10. The number of nitro benzene ring substituents is 1. The molecular formula is C9H11ClN2O6S. The highest BCUT2D eigenvalue weighted by Gasteiger charge is 2.26. The van der Waals surface area contributed by atoms with Gasteiger partial charge in [0, 0.05) is 24.7 Å². The Morgan fingerprint density at radius 3 is 2.68 bits per heavy atom. The summed E-state index contributed by atoms with van der Waals surface area (Å²) in [6.45, 7) is 0.0707. The van der Waals surface area contributed by atoms with Crippen molar-refractivity contribution in [3.8, 4) is 5.75 Å². The minimum absolute atomic E-state index is 0.0431. The summed E-state index contributed by atoms with van der Waals surface area (Å²) < 4.78 is 30.5. The molecule has 0 bridgehead atoms. The predicted molar refractivity (Wildman–Crippen MR) is 66.8 cm³/mol. The van der Waals surface area contributed by atoms with E-state index in [9.17, 15) is 23.6 Å². The van der Waals surface area contributed by atoms with E-state index in [1.807, 2.05) is 0 Å². The van der Waals surface area contributed by atoms with Crippen LogP contribution in [0.4, 0.5) is 5.69 Å². The molecule has 0 aliphatic rings. The summed E-state index contributed by atoms with van der Waals surface area (Å²) in [5.41, 5.74) is -0.778. The summed E-state index contributed by atoms with van der Waals surface area (Å²) >= 11 is 5.60. The minimum atomic E-state index is -4.11. The molecule has 1 aromatic rings. The Kier molecular flexibility index (Phi) is 5.06. The maximum atomic E-state index is 11.8. The van der Waals surface area contributed by atoms with Crippen LogP contribution >= 0.6 is 11.6 Å². The molecule has 0 aromatic heterocycles. The van der Waals surface area contributed by atoms with Crippen molar-refractivity contribution in [2.24, 2.45) is 0 Å². The van der Waals surface area contributed by atoms with Crippen molar-refractivity contribution in [3.63, 3.8) is 0 Å². The smallest absolute Gasteiger partial charge is 0.313 e. The SMILES string of the molecule is COCCNS(=O)(=O)c1cc(Cl)cc([N+](=O)[O-])c1O. The maximum Gasteiger partial charge on any atom is 0.313 e. The summed E-state index contributed by atoms with van der Waals surface area (Å²) in [5.74, 6) is -0.959. The molecule has 0 amide bonds. The first kappa shape index (κ1) is 15.6. The van der Waals surface area contributed by atoms with Crippen LogP contribution in [-0.4, -0.2) is 38.7 Å². The summed E-state index contributed by atoms with van der Waals surface area (Å²) in [6, 6.07) is 1.80. The Balaban J connectivity index is 3.23. The Morgan fingerprint density at radius 2 is 2.16 bits per heavy atom. The molecule has 8 nitrogen and oxygen atoms in total. The molecule has 0 aliphatic heterocycles. The van der Waals surface area contributed by atoms with Crippen molar-refractivity contribution in [3.05, 3.63) is 27.3 Å². The van der Waals surface area contributed by atoms with Gasteiger partial charge in [0.25, 0.3) is 0 Å². The van der Waals surface area contributed by atoms with Crippen molar-refractivity contribution >= 4 is 27.3 Å². The minimum Gasteiger partial charge on any atom is -0.501 e. The highest BCUT2D eigenvalue weighted by molar-refractivity contribution is 7.89. The van der Waals surface area contributed by atoms with E-state index in [-0.39, 0.29) is 18.2 Å². The van der Waals surface area contributed by atoms with Gasteiger partial charge in [0.1, 0.15) is 4.90 Å². The lowest BCUT2D eigenvalue weighted by atomic mass is 10.3. The zero-order chi connectivity index (χ0) is 14.6. The number of benzene rings is 1. The lowest BCUT2D eigenvalue weighted by Gasteiger charge is -2.08. The second kappa shape index (κ2) is 6.15. The Labute approximate surface area is 114 Å². The van der Waals surface area contributed by atoms with Gasteiger partial charge in [0.15, 0.2) is 0 Å². The van der Waals surface area contributed by atoms with Gasteiger partial charge in [-0.05, 0) is 6.07 Å². The van der Waals surface area contributed by atoms with Crippen LogP contribution in [0.15, 0.2) is 17.0 Å². The average molecular weight is 311 g/mol. The number of methoxy groups -OCH3 is 1. The van der Waals surface area contributed by atoms with E-state index in [1.165, 1.54) is 7.11 Å². The van der Waals surface area contributed by atoms with Crippen molar-refractivity contribution in [1.82, 2.24) is 4.72 Å². The van der Waals surface area contributed by atoms with Crippen LogP contribution in [-0.2, 0) is 14.8 Å². The monoisotopic (exact) mass is 310 g/mol. The van der Waals surface area contributed by atoms with Crippen molar-refractivity contribution in [2.75, 3.05) is 20.3 Å². The first-order valence-corrected chi connectivity index (χ1v) is 6.81. The maximum absolute atomic E-state index is 11.8. The molecule has 1 rings (SSSR count). The fourth-order valence-corrected chi connectivity index (χ4v) is 2.69. The van der Waals surface area contributed by atoms with Crippen LogP contribution in [0.3, 0.4) is 0 Å². The second-order valence-corrected chi connectivity index (χ2v) is 5.59. The number of hydrogen-bond donors (Lipinski definition) is 2. The van der Waals surface area contributed by atoms with Crippen LogP contribution in [0.1, 0.15) is 0 Å². The van der Waals surface area contributed by atoms with Crippen molar-refractivity contribution in [2.45, 2.75) is 4.90 Å². The standard InChI is InChI=1S/C9H11ClN2O6S/c1-18-3-2-11-19(16,17)8-5-6(10)4-7(9(8)13)12(14)15/h4-5,11,13H,2-3H2,1H3. The normalized spacial score (nSPS) is 11.5. The Bertz CT molecular complexity index is 589. The van der Waals surface area contributed by atoms with E-state index in [1.54, 1.807) is 0 Å². The summed E-state index contributed by atoms with van der Waals surface area (Å²) in [6.07, 6.45) is 0. The highest BCUT2D eigenvalue weighted by Crippen LogP contribution is 2.35. The van der Waals surface area contributed by atoms with E-state index in [4.69, 9.17) is 11.6 Å². The number of nitrogens with one attached hydrogen (secondary N) is 1. The molecule has 0 fully saturated rings. The fraction of sp³-hybridized carbons (Fsp3) is 0.333. The van der Waals surface area contributed by atoms with Gasteiger partial charge in [-0.25, -0.2) is 13.1 Å². The average Bonchev–Trinajstić information content (AvgIpc) is 2.31. The number of rotatable bonds is 6. The molecule has 0 spiro atoms. The van der Waals surface area contributed by atoms with E-state index >= 15 is 0 Å². The summed E-state index contributed by atoms with van der Waals surface area (Å²) in [5, 5.41) is 20.1. The lowest BCUT2D eigenvalue weighted by molar-refractivity contribution is -0.386. The highest BCUT2D eigenvalue weighted by atomic mass is 35.5. The largest absolute Gasteiger partial charge is 0.501 e. The van der Waals surface area contributed by atoms with Crippen LogP contribution < -0.4 is 4.72 Å². The number of nitro groups is 1. The summed E-state index contributed by atoms with van der Waals surface area (Å²) in [7, 11) is -2.73. The van der Waals surface area contributed by atoms with E-state index in [0.717, 1.165) is 12.1 Å². The van der Waals surface area contributed by atoms with E-state index in [0.29, 0.717) is 0 Å². The van der Waals surface area contributed by atoms with Gasteiger partial charge in [-0.2, -0.15) is 0 Å². The molecule has 0 heterocycles. The quantitative estimate of drug-likeness (QED) is 0.457. The molecule has 0 atom stereocenters. The Hall–Kier alpha value is -1.42. The van der Waals surface area contributed by atoms with Gasteiger partial charge >= 0.3 is 5.69 Å². The fourth-order valence-electron chi connectivity index (χ4n) is 1.26. The van der Waals surface area contributed by atoms with Gasteiger partial charge < -0.3 is 9.84 Å². The van der Waals surface area contributed by atoms with Gasteiger partial charge in [-0.1, -0.05) is 11.6 Å². The van der Waals surface area contributed by atoms with E-state index < -0.39 is 31.3 Å². The van der Waals surface area contributed by atoms with Gasteiger partial charge in [-0.15, -0.1) is 0 Å². The number of phenols is 1. The second-order valence-electron chi connectivity index (χ2n) is 3.42. The molecule has 1 aromatic carbocycles. The van der Waals surface area contributed by atoms with Crippen molar-refractivity contribution < 1.29 is 23.2 Å². The number of hydrogen-bond acceptors (Lipinski definition) is 6. The zero-order valence-electron chi connectivity index (χ0n) is 9.79.